The molecule has 1 saturated carbocycles. The van der Waals surface area contributed by atoms with E-state index in [1.165, 1.54) is 70.6 Å². The first-order valence-electron chi connectivity index (χ1n) is 11.7. The van der Waals surface area contributed by atoms with E-state index in [2.05, 4.69) is 17.0 Å². The summed E-state index contributed by atoms with van der Waals surface area (Å²) in [5.74, 6) is 2.33. The van der Waals surface area contributed by atoms with Crippen LogP contribution >= 0.6 is 0 Å². The highest BCUT2D eigenvalue weighted by atomic mass is 16.1. The molecule has 3 N–H and O–H groups in total. The molecule has 5 nitrogen and oxygen atoms in total. The number of likely N-dealkylation sites (tertiary alicyclic amines) is 1. The number of quaternary nitrogens is 1. The fraction of sp³-hybridized carbons (Fsp3) is 0.667. The number of rotatable bonds is 3. The average Bonchev–Trinajstić information content (AvgIpc) is 3.06. The number of nitrogens with zero attached hydrogens (tertiary/aromatic N) is 2. The Hall–Kier alpha value is -1.88. The first-order valence-corrected chi connectivity index (χ1v) is 11.7. The summed E-state index contributed by atoms with van der Waals surface area (Å²) in [4.78, 5) is 20.3. The molecule has 2 aliphatic rings. The molecule has 0 bridgehead atoms. The molecule has 1 saturated heterocycles. The van der Waals surface area contributed by atoms with Gasteiger partial charge >= 0.3 is 0 Å². The van der Waals surface area contributed by atoms with Gasteiger partial charge in [0, 0.05) is 18.0 Å². The maximum atomic E-state index is 12.4. The average molecular weight is 398 g/mol. The third-order valence-electron chi connectivity index (χ3n) is 7.62. The van der Waals surface area contributed by atoms with E-state index in [4.69, 9.17) is 5.73 Å². The molecule has 2 aromatic heterocycles. The normalized spacial score (nSPS) is 27.7. The van der Waals surface area contributed by atoms with E-state index in [-0.39, 0.29) is 5.91 Å². The van der Waals surface area contributed by atoms with Crippen LogP contribution in [0.3, 0.4) is 0 Å². The lowest BCUT2D eigenvalue weighted by Gasteiger charge is -2.38. The van der Waals surface area contributed by atoms with Gasteiger partial charge in [-0.3, -0.25) is 14.3 Å². The molecule has 4 rings (SSSR count). The van der Waals surface area contributed by atoms with Crippen molar-refractivity contribution in [3.8, 4) is 0 Å². The van der Waals surface area contributed by atoms with E-state index in [1.807, 2.05) is 12.1 Å². The standard InChI is InChI=1S/C24H36N4O/c1-28(24-21(22(25)29)20-13-9-15-26-23(20)27-24)16-8-7-12-19(14-17-28)18-10-5-3-2-4-6-11-18/h9,13,15,18-19H,2-8,10-12,14,16-17H2,1H3,(H2-,25,26,27,29)/p+1. The van der Waals surface area contributed by atoms with Crippen LogP contribution in [0.2, 0.25) is 0 Å². The molecule has 2 atom stereocenters. The minimum absolute atomic E-state index is 0.350. The SMILES string of the molecule is C[N+]1(c2[nH]c3ncccc3c2C(N)=O)CCCCC(C2CCCCCCC2)CC1. The second-order valence-electron chi connectivity index (χ2n) is 9.61. The Labute approximate surface area is 174 Å². The molecular weight excluding hydrogens is 360 g/mol. The van der Waals surface area contributed by atoms with Gasteiger partial charge in [0.25, 0.3) is 5.91 Å². The van der Waals surface area contributed by atoms with Gasteiger partial charge in [0.1, 0.15) is 11.2 Å². The summed E-state index contributed by atoms with van der Waals surface area (Å²) in [7, 11) is 2.28. The Balaban J connectivity index is 1.60. The van der Waals surface area contributed by atoms with Crippen LogP contribution < -0.4 is 10.2 Å². The summed E-state index contributed by atoms with van der Waals surface area (Å²) >= 11 is 0. The van der Waals surface area contributed by atoms with Crippen LogP contribution in [0.25, 0.3) is 11.0 Å². The number of carbonyl (C=O) groups is 1. The first kappa shape index (κ1) is 20.4. The van der Waals surface area contributed by atoms with Crippen LogP contribution in [0.1, 0.15) is 81.0 Å². The number of nitrogens with two attached hydrogens (primary N) is 1. The Morgan fingerprint density at radius 1 is 1.00 bits per heavy atom. The van der Waals surface area contributed by atoms with Gasteiger partial charge in [-0.2, -0.15) is 0 Å². The van der Waals surface area contributed by atoms with Gasteiger partial charge in [-0.15, -0.1) is 0 Å². The molecule has 2 aromatic rings. The largest absolute Gasteiger partial charge is 0.365 e. The summed E-state index contributed by atoms with van der Waals surface area (Å²) in [5, 5.41) is 0.855. The predicted molar refractivity (Wildman–Crippen MR) is 120 cm³/mol. The van der Waals surface area contributed by atoms with Crippen LogP contribution in [-0.2, 0) is 0 Å². The zero-order valence-corrected chi connectivity index (χ0v) is 18.0. The number of aromatic nitrogens is 2. The number of aromatic amines is 1. The Morgan fingerprint density at radius 2 is 1.66 bits per heavy atom. The summed E-state index contributed by atoms with van der Waals surface area (Å²) in [6.45, 7) is 2.11. The molecule has 0 radical (unpaired) electrons. The molecular formula is C24H37N4O+. The number of amides is 1. The Kier molecular flexibility index (Phi) is 6.23. The van der Waals surface area contributed by atoms with Crippen LogP contribution in [0.5, 0.6) is 0 Å². The van der Waals surface area contributed by atoms with Crippen molar-refractivity contribution in [1.29, 1.82) is 0 Å². The van der Waals surface area contributed by atoms with Gasteiger partial charge in [-0.05, 0) is 43.2 Å². The minimum atomic E-state index is -0.350. The topological polar surface area (TPSA) is 71.8 Å². The smallest absolute Gasteiger partial charge is 0.257 e. The quantitative estimate of drug-likeness (QED) is 0.703. The van der Waals surface area contributed by atoms with E-state index < -0.39 is 0 Å². The van der Waals surface area contributed by atoms with E-state index >= 15 is 0 Å². The third-order valence-corrected chi connectivity index (χ3v) is 7.62. The molecule has 0 aromatic carbocycles. The zero-order valence-electron chi connectivity index (χ0n) is 18.0. The number of pyridine rings is 1. The molecule has 2 fully saturated rings. The van der Waals surface area contributed by atoms with Gasteiger partial charge in [0.2, 0.25) is 5.82 Å². The van der Waals surface area contributed by atoms with Crippen LogP contribution in [0.15, 0.2) is 18.3 Å². The lowest BCUT2D eigenvalue weighted by molar-refractivity contribution is 0.0999. The Bertz CT molecular complexity index is 837. The lowest BCUT2D eigenvalue weighted by atomic mass is 9.77. The molecule has 29 heavy (non-hydrogen) atoms. The molecule has 1 aliphatic carbocycles. The molecule has 1 aliphatic heterocycles. The molecule has 5 heteroatoms. The maximum absolute atomic E-state index is 12.4. The molecule has 158 valence electrons. The second-order valence-corrected chi connectivity index (χ2v) is 9.61. The highest BCUT2D eigenvalue weighted by Crippen LogP contribution is 2.38. The predicted octanol–water partition coefficient (Wildman–Crippen LogP) is 5.15. The zero-order chi connectivity index (χ0) is 20.3. The van der Waals surface area contributed by atoms with Crippen LogP contribution in [-0.4, -0.2) is 36.0 Å². The van der Waals surface area contributed by atoms with Crippen molar-refractivity contribution in [3.63, 3.8) is 0 Å². The van der Waals surface area contributed by atoms with E-state index in [0.717, 1.165) is 46.3 Å². The fourth-order valence-corrected chi connectivity index (χ4v) is 5.89. The lowest BCUT2D eigenvalue weighted by Crippen LogP contribution is -2.49. The number of H-pyrrole nitrogens is 1. The van der Waals surface area contributed by atoms with Crippen molar-refractivity contribution in [2.24, 2.45) is 17.6 Å². The van der Waals surface area contributed by atoms with E-state index in [1.54, 1.807) is 6.20 Å². The molecule has 0 spiro atoms. The summed E-state index contributed by atoms with van der Waals surface area (Å²) in [6.07, 6.45) is 16.8. The Morgan fingerprint density at radius 3 is 2.38 bits per heavy atom. The van der Waals surface area contributed by atoms with Crippen molar-refractivity contribution < 1.29 is 4.79 Å². The van der Waals surface area contributed by atoms with Crippen LogP contribution in [0.4, 0.5) is 5.82 Å². The number of hydrogen-bond acceptors (Lipinski definition) is 2. The molecule has 3 heterocycles. The summed E-state index contributed by atoms with van der Waals surface area (Å²) < 4.78 is 0.762. The monoisotopic (exact) mass is 397 g/mol. The molecule has 2 unspecified atom stereocenters. The van der Waals surface area contributed by atoms with Crippen molar-refractivity contribution >= 4 is 22.8 Å². The fourth-order valence-electron chi connectivity index (χ4n) is 5.89. The van der Waals surface area contributed by atoms with Gasteiger partial charge in [0.15, 0.2) is 0 Å². The van der Waals surface area contributed by atoms with Gasteiger partial charge < -0.3 is 5.73 Å². The van der Waals surface area contributed by atoms with Crippen molar-refractivity contribution in [3.05, 3.63) is 23.9 Å². The van der Waals surface area contributed by atoms with Gasteiger partial charge in [-0.25, -0.2) is 4.98 Å². The number of carbonyl (C=O) groups excluding carboxylic acids is 1. The van der Waals surface area contributed by atoms with Crippen molar-refractivity contribution in [2.45, 2.75) is 70.6 Å². The third kappa shape index (κ3) is 4.35. The number of nitrogens with one attached hydrogen (secondary N) is 1. The first-order chi connectivity index (χ1) is 14.1. The number of fused-ring (bicyclic) bond motifs is 1. The van der Waals surface area contributed by atoms with Gasteiger partial charge in [0.05, 0.1) is 20.1 Å². The minimum Gasteiger partial charge on any atom is -0.365 e. The summed E-state index contributed by atoms with van der Waals surface area (Å²) in [5.41, 5.74) is 7.25. The molecule has 1 amide bonds. The highest BCUT2D eigenvalue weighted by Gasteiger charge is 2.36. The number of hydrogen-bond donors (Lipinski definition) is 2. The second kappa shape index (κ2) is 8.86. The number of primary amides is 1. The van der Waals surface area contributed by atoms with E-state index in [0.29, 0.717) is 5.56 Å². The summed E-state index contributed by atoms with van der Waals surface area (Å²) in [6, 6.07) is 3.83. The maximum Gasteiger partial charge on any atom is 0.257 e. The van der Waals surface area contributed by atoms with Gasteiger partial charge in [-0.1, -0.05) is 44.9 Å². The van der Waals surface area contributed by atoms with E-state index in [9.17, 15) is 4.79 Å². The van der Waals surface area contributed by atoms with Crippen molar-refractivity contribution in [2.75, 3.05) is 20.1 Å². The highest BCUT2D eigenvalue weighted by molar-refractivity contribution is 6.09. The van der Waals surface area contributed by atoms with Crippen LogP contribution in [0, 0.1) is 11.8 Å². The van der Waals surface area contributed by atoms with Crippen molar-refractivity contribution in [1.82, 2.24) is 14.5 Å².